The topological polar surface area (TPSA) is 94.1 Å². The number of fused-ring (bicyclic) bond motifs is 1. The van der Waals surface area contributed by atoms with Crippen LogP contribution in [0.3, 0.4) is 0 Å². The molecule has 3 aliphatic carbocycles. The van der Waals surface area contributed by atoms with E-state index in [0.29, 0.717) is 10.8 Å². The number of hydrogen-bond acceptors (Lipinski definition) is 5. The smallest absolute Gasteiger partial charge is 0.0912 e. The van der Waals surface area contributed by atoms with Gasteiger partial charge >= 0.3 is 0 Å². The number of nitrogens with zero attached hydrogens (tertiary/aromatic N) is 1. The summed E-state index contributed by atoms with van der Waals surface area (Å²) in [7, 11) is 1.50. The van der Waals surface area contributed by atoms with Gasteiger partial charge in [-0.1, -0.05) is 105 Å². The summed E-state index contributed by atoms with van der Waals surface area (Å²) in [6, 6.07) is 2.47. The molecular formula is C44H84N4O. The van der Waals surface area contributed by atoms with Gasteiger partial charge in [-0.15, -0.1) is 0 Å². The largest absolute Gasteiger partial charge is 0.396 e. The van der Waals surface area contributed by atoms with E-state index in [-0.39, 0.29) is 19.4 Å². The Hall–Kier alpha value is -2.03. The van der Waals surface area contributed by atoms with E-state index >= 15 is 0 Å². The Balaban J connectivity index is 0. The highest BCUT2D eigenvalue weighted by molar-refractivity contribution is 5.35. The predicted molar refractivity (Wildman–Crippen MR) is 218 cm³/mol. The Kier molecular flexibility index (Phi) is 25.9. The lowest BCUT2D eigenvalue weighted by atomic mass is 9.60. The Morgan fingerprint density at radius 3 is 2.20 bits per heavy atom. The SMILES string of the molecule is C.C=C(NCC)NCCCO.C=C1CCCC/C1=C/C=C1\CCCC2(C)C1CCC2[C@H](C)CCCC(C)(C)C#N.CCCC(C)(C)C.CN. The van der Waals surface area contributed by atoms with Crippen molar-refractivity contribution in [3.63, 3.8) is 0 Å². The summed E-state index contributed by atoms with van der Waals surface area (Å²) < 4.78 is 0. The van der Waals surface area contributed by atoms with Gasteiger partial charge in [0, 0.05) is 19.7 Å². The summed E-state index contributed by atoms with van der Waals surface area (Å²) in [5, 5.41) is 23.7. The molecule has 0 aromatic heterocycles. The Morgan fingerprint density at radius 2 is 1.67 bits per heavy atom. The molecule has 3 saturated carbocycles. The summed E-state index contributed by atoms with van der Waals surface area (Å²) in [5.74, 6) is 3.23. The predicted octanol–water partition coefficient (Wildman–Crippen LogP) is 11.6. The standard InChI is InChI=1S/C28H43N.C7H16N2O.C7H16.CH5N.CH4/c1-21-10-6-7-12-23(21)14-15-24-13-9-19-28(5)25(16-17-26(24)28)22(2)11-8-18-27(3,4)20-29;1-3-8-7(2)9-5-4-6-10;1-5-6-7(2,3)4;1-2;/h14-15,22,25-26H,1,6-13,16-19H2,2-5H3;8-10H,2-6H2,1H3;5-6H2,1-4H3;2H2,1H3;1H4/b23-14-,24-15+;;;;/t22-,25?,26?,28?;;;;/m1..../s1. The fraction of sp³-hybridized carbons (Fsp3) is 0.795. The maximum atomic E-state index is 9.29. The molecule has 5 N–H and O–H groups in total. The minimum absolute atomic E-state index is 0. The van der Waals surface area contributed by atoms with Crippen LogP contribution in [0.1, 0.15) is 166 Å². The molecule has 0 bridgehead atoms. The maximum absolute atomic E-state index is 9.29. The molecule has 3 unspecified atom stereocenters. The van der Waals surface area contributed by atoms with Crippen LogP contribution in [0, 0.1) is 45.3 Å². The summed E-state index contributed by atoms with van der Waals surface area (Å²) in [6.07, 6.45) is 23.8. The van der Waals surface area contributed by atoms with E-state index in [2.05, 4.69) is 103 Å². The minimum atomic E-state index is -0.167. The zero-order valence-corrected chi connectivity index (χ0v) is 33.5. The molecule has 0 heterocycles. The molecule has 3 aliphatic rings. The van der Waals surface area contributed by atoms with Crippen LogP contribution in [0.25, 0.3) is 0 Å². The highest BCUT2D eigenvalue weighted by Crippen LogP contribution is 2.60. The van der Waals surface area contributed by atoms with E-state index in [1.165, 1.54) is 102 Å². The highest BCUT2D eigenvalue weighted by atomic mass is 16.3. The summed E-state index contributed by atoms with van der Waals surface area (Å²) in [4.78, 5) is 0. The molecule has 5 heteroatoms. The van der Waals surface area contributed by atoms with E-state index in [1.54, 1.807) is 5.57 Å². The molecule has 0 aromatic rings. The van der Waals surface area contributed by atoms with Crippen molar-refractivity contribution in [2.24, 2.45) is 39.7 Å². The van der Waals surface area contributed by atoms with Crippen LogP contribution in [0.15, 0.2) is 47.9 Å². The van der Waals surface area contributed by atoms with Crippen LogP contribution < -0.4 is 16.4 Å². The van der Waals surface area contributed by atoms with Gasteiger partial charge in [0.15, 0.2) is 0 Å². The number of nitrogens with one attached hydrogen (secondary N) is 2. The number of nitrogens with two attached hydrogens (primary N) is 1. The lowest BCUT2D eigenvalue weighted by molar-refractivity contribution is 0.0924. The van der Waals surface area contributed by atoms with Crippen molar-refractivity contribution in [3.8, 4) is 6.07 Å². The van der Waals surface area contributed by atoms with E-state index in [9.17, 15) is 5.26 Å². The van der Waals surface area contributed by atoms with Crippen LogP contribution in [0.5, 0.6) is 0 Å². The zero-order chi connectivity index (χ0) is 36.8. The second-order valence-electron chi connectivity index (χ2n) is 16.5. The second-order valence-corrected chi connectivity index (χ2v) is 16.5. The molecule has 0 aliphatic heterocycles. The fourth-order valence-corrected chi connectivity index (χ4v) is 8.08. The zero-order valence-electron chi connectivity index (χ0n) is 33.5. The number of rotatable bonds is 13. The third kappa shape index (κ3) is 19.2. The van der Waals surface area contributed by atoms with Crippen LogP contribution in [0.4, 0.5) is 0 Å². The van der Waals surface area contributed by atoms with Crippen molar-refractivity contribution in [3.05, 3.63) is 47.9 Å². The van der Waals surface area contributed by atoms with Crippen molar-refractivity contribution in [1.82, 2.24) is 10.6 Å². The third-order valence-corrected chi connectivity index (χ3v) is 10.7. The molecule has 286 valence electrons. The van der Waals surface area contributed by atoms with Gasteiger partial charge in [-0.2, -0.15) is 5.26 Å². The molecule has 4 atom stereocenters. The van der Waals surface area contributed by atoms with Crippen LogP contribution >= 0.6 is 0 Å². The minimum Gasteiger partial charge on any atom is -0.396 e. The van der Waals surface area contributed by atoms with E-state index in [1.807, 2.05) is 6.92 Å². The first kappa shape index (κ1) is 49.1. The highest BCUT2D eigenvalue weighted by Gasteiger charge is 2.50. The third-order valence-electron chi connectivity index (χ3n) is 10.7. The maximum Gasteiger partial charge on any atom is 0.0912 e. The number of nitriles is 1. The van der Waals surface area contributed by atoms with Gasteiger partial charge in [-0.25, -0.2) is 0 Å². The Bertz CT molecular complexity index is 1010. The molecular weight excluding hydrogens is 601 g/mol. The van der Waals surface area contributed by atoms with Gasteiger partial charge < -0.3 is 21.5 Å². The molecule has 0 saturated heterocycles. The van der Waals surface area contributed by atoms with Crippen molar-refractivity contribution in [2.75, 3.05) is 26.7 Å². The van der Waals surface area contributed by atoms with Crippen LogP contribution in [0.2, 0.25) is 0 Å². The van der Waals surface area contributed by atoms with Gasteiger partial charge in [-0.05, 0) is 139 Å². The number of allylic oxidation sites excluding steroid dienone is 5. The first-order valence-corrected chi connectivity index (χ1v) is 19.5. The molecule has 5 nitrogen and oxygen atoms in total. The lowest BCUT2D eigenvalue weighted by Crippen LogP contribution is -2.36. The molecule has 3 rings (SSSR count). The summed E-state index contributed by atoms with van der Waals surface area (Å²) in [6.45, 7) is 30.2. The van der Waals surface area contributed by atoms with Gasteiger partial charge in [0.1, 0.15) is 0 Å². The molecule has 0 spiro atoms. The van der Waals surface area contributed by atoms with Crippen molar-refractivity contribution in [1.29, 1.82) is 5.26 Å². The van der Waals surface area contributed by atoms with Crippen molar-refractivity contribution >= 4 is 0 Å². The molecule has 0 radical (unpaired) electrons. The van der Waals surface area contributed by atoms with Crippen molar-refractivity contribution < 1.29 is 5.11 Å². The van der Waals surface area contributed by atoms with Gasteiger partial charge in [0.2, 0.25) is 0 Å². The van der Waals surface area contributed by atoms with Gasteiger partial charge in [-0.3, -0.25) is 0 Å². The first-order chi connectivity index (χ1) is 22.6. The quantitative estimate of drug-likeness (QED) is 0.145. The normalized spacial score (nSPS) is 23.9. The van der Waals surface area contributed by atoms with E-state index in [0.717, 1.165) is 49.5 Å². The molecule has 0 amide bonds. The summed E-state index contributed by atoms with van der Waals surface area (Å²) >= 11 is 0. The fourth-order valence-electron chi connectivity index (χ4n) is 8.08. The second kappa shape index (κ2) is 25.8. The van der Waals surface area contributed by atoms with Gasteiger partial charge in [0.05, 0.1) is 17.3 Å². The first-order valence-electron chi connectivity index (χ1n) is 19.5. The van der Waals surface area contributed by atoms with E-state index in [4.69, 9.17) is 5.11 Å². The summed E-state index contributed by atoms with van der Waals surface area (Å²) in [5.41, 5.74) is 9.98. The van der Waals surface area contributed by atoms with Crippen LogP contribution in [-0.2, 0) is 0 Å². The van der Waals surface area contributed by atoms with E-state index < -0.39 is 0 Å². The van der Waals surface area contributed by atoms with Crippen molar-refractivity contribution in [2.45, 2.75) is 166 Å². The Morgan fingerprint density at radius 1 is 1.02 bits per heavy atom. The average molecular weight is 685 g/mol. The molecule has 49 heavy (non-hydrogen) atoms. The van der Waals surface area contributed by atoms with Crippen LogP contribution in [-0.4, -0.2) is 31.9 Å². The average Bonchev–Trinajstić information content (AvgIpc) is 3.39. The number of hydrogen-bond donors (Lipinski definition) is 4. The number of aliphatic hydroxyl groups is 1. The Labute approximate surface area is 306 Å². The van der Waals surface area contributed by atoms with Gasteiger partial charge in [0.25, 0.3) is 0 Å². The lowest BCUT2D eigenvalue weighted by Gasteiger charge is -2.44. The molecule has 0 aromatic carbocycles. The monoisotopic (exact) mass is 685 g/mol. The number of aliphatic hydroxyl groups excluding tert-OH is 1. The molecule has 3 fully saturated rings.